The molecule has 0 bridgehead atoms. The summed E-state index contributed by atoms with van der Waals surface area (Å²) < 4.78 is 0. The van der Waals surface area contributed by atoms with Crippen LogP contribution in [-0.4, -0.2) is 26.0 Å². The summed E-state index contributed by atoms with van der Waals surface area (Å²) in [5, 5.41) is 3.05. The van der Waals surface area contributed by atoms with E-state index in [4.69, 9.17) is 0 Å². The molecule has 1 N–H and O–H groups in total. The normalized spacial score (nSPS) is 9.53. The fraction of sp³-hybridized carbons (Fsp3) is 0.462. The number of amides is 1. The zero-order valence-electron chi connectivity index (χ0n) is 10.5. The Balaban J connectivity index is 0.00000256. The molecule has 0 atom stereocenters. The highest BCUT2D eigenvalue weighted by Crippen LogP contribution is 2.14. The van der Waals surface area contributed by atoms with Crippen LogP contribution in [0.3, 0.4) is 0 Å². The zero-order valence-corrected chi connectivity index (χ0v) is 11.3. The van der Waals surface area contributed by atoms with Gasteiger partial charge in [0.05, 0.1) is 0 Å². The third-order valence-corrected chi connectivity index (χ3v) is 2.50. The molecule has 0 aliphatic rings. The van der Waals surface area contributed by atoms with E-state index in [9.17, 15) is 4.79 Å². The second-order valence-electron chi connectivity index (χ2n) is 3.68. The van der Waals surface area contributed by atoms with Gasteiger partial charge in [-0.1, -0.05) is 18.2 Å². The second kappa shape index (κ2) is 9.02. The maximum absolute atomic E-state index is 11.9. The maximum Gasteiger partial charge on any atom is 0.227 e. The number of anilines is 1. The number of hydrogen-bond acceptors (Lipinski definition) is 2. The van der Waals surface area contributed by atoms with Crippen LogP contribution in [0.2, 0.25) is 0 Å². The summed E-state index contributed by atoms with van der Waals surface area (Å²) >= 11 is 0. The Bertz CT molecular complexity index is 316. The van der Waals surface area contributed by atoms with E-state index in [1.165, 1.54) is 0 Å². The predicted octanol–water partition coefficient (Wildman–Crippen LogP) is 2.46. The SMILES string of the molecule is CCN(C(=O)CCCNC)c1ccccc1.Cl. The lowest BCUT2D eigenvalue weighted by atomic mass is 10.2. The average Bonchev–Trinajstić information content (AvgIpc) is 2.32. The van der Waals surface area contributed by atoms with Crippen LogP contribution in [0.15, 0.2) is 30.3 Å². The van der Waals surface area contributed by atoms with Crippen LogP contribution in [0.5, 0.6) is 0 Å². The molecule has 96 valence electrons. The van der Waals surface area contributed by atoms with Crippen LogP contribution in [0, 0.1) is 0 Å². The van der Waals surface area contributed by atoms with E-state index in [1.54, 1.807) is 0 Å². The summed E-state index contributed by atoms with van der Waals surface area (Å²) in [6.45, 7) is 3.61. The summed E-state index contributed by atoms with van der Waals surface area (Å²) in [7, 11) is 1.90. The van der Waals surface area contributed by atoms with Crippen molar-refractivity contribution in [2.24, 2.45) is 0 Å². The van der Waals surface area contributed by atoms with Gasteiger partial charge in [-0.2, -0.15) is 0 Å². The number of nitrogens with zero attached hydrogens (tertiary/aromatic N) is 1. The minimum atomic E-state index is 0. The van der Waals surface area contributed by atoms with Gasteiger partial charge in [0.2, 0.25) is 5.91 Å². The number of benzene rings is 1. The minimum Gasteiger partial charge on any atom is -0.320 e. The molecule has 0 aromatic heterocycles. The first kappa shape index (κ1) is 15.9. The van der Waals surface area contributed by atoms with Crippen molar-refractivity contribution in [2.75, 3.05) is 25.0 Å². The molecule has 0 saturated carbocycles. The highest BCUT2D eigenvalue weighted by atomic mass is 35.5. The van der Waals surface area contributed by atoms with Crippen molar-refractivity contribution < 1.29 is 4.79 Å². The predicted molar refractivity (Wildman–Crippen MR) is 74.9 cm³/mol. The Hall–Kier alpha value is -1.06. The van der Waals surface area contributed by atoms with E-state index >= 15 is 0 Å². The van der Waals surface area contributed by atoms with Gasteiger partial charge < -0.3 is 10.2 Å². The summed E-state index contributed by atoms with van der Waals surface area (Å²) in [6.07, 6.45) is 1.49. The van der Waals surface area contributed by atoms with Crippen LogP contribution in [0.25, 0.3) is 0 Å². The van der Waals surface area contributed by atoms with Crippen molar-refractivity contribution in [3.8, 4) is 0 Å². The molecule has 0 unspecified atom stereocenters. The highest BCUT2D eigenvalue weighted by molar-refractivity contribution is 5.93. The van der Waals surface area contributed by atoms with Gasteiger partial charge in [-0.05, 0) is 39.1 Å². The Morgan fingerprint density at radius 1 is 1.29 bits per heavy atom. The lowest BCUT2D eigenvalue weighted by molar-refractivity contribution is -0.118. The van der Waals surface area contributed by atoms with Crippen molar-refractivity contribution in [1.29, 1.82) is 0 Å². The lowest BCUT2D eigenvalue weighted by Crippen LogP contribution is -2.30. The van der Waals surface area contributed by atoms with Crippen molar-refractivity contribution in [1.82, 2.24) is 5.32 Å². The molecule has 0 fully saturated rings. The largest absolute Gasteiger partial charge is 0.320 e. The minimum absolute atomic E-state index is 0. The van der Waals surface area contributed by atoms with Crippen molar-refractivity contribution in [3.05, 3.63) is 30.3 Å². The molecule has 0 aliphatic heterocycles. The molecule has 0 spiro atoms. The first-order chi connectivity index (χ1) is 7.79. The molecule has 1 amide bonds. The Kier molecular flexibility index (Phi) is 8.46. The Morgan fingerprint density at radius 3 is 2.47 bits per heavy atom. The molecule has 4 heteroatoms. The maximum atomic E-state index is 11.9. The molecule has 0 heterocycles. The first-order valence-electron chi connectivity index (χ1n) is 5.79. The van der Waals surface area contributed by atoms with Crippen molar-refractivity contribution >= 4 is 24.0 Å². The van der Waals surface area contributed by atoms with Gasteiger partial charge in [0.25, 0.3) is 0 Å². The Labute approximate surface area is 110 Å². The fourth-order valence-corrected chi connectivity index (χ4v) is 1.66. The van der Waals surface area contributed by atoms with Crippen LogP contribution >= 0.6 is 12.4 Å². The summed E-state index contributed by atoms with van der Waals surface area (Å²) in [5.74, 6) is 0.198. The molecular weight excluding hydrogens is 236 g/mol. The number of hydrogen-bond donors (Lipinski definition) is 1. The van der Waals surface area contributed by atoms with E-state index in [-0.39, 0.29) is 18.3 Å². The van der Waals surface area contributed by atoms with Crippen LogP contribution in [0.4, 0.5) is 5.69 Å². The van der Waals surface area contributed by atoms with E-state index in [0.29, 0.717) is 6.42 Å². The van der Waals surface area contributed by atoms with Crippen molar-refractivity contribution in [2.45, 2.75) is 19.8 Å². The monoisotopic (exact) mass is 256 g/mol. The molecule has 0 aliphatic carbocycles. The van der Waals surface area contributed by atoms with Gasteiger partial charge in [-0.15, -0.1) is 12.4 Å². The molecular formula is C13H21ClN2O. The van der Waals surface area contributed by atoms with Crippen molar-refractivity contribution in [3.63, 3.8) is 0 Å². The number of halogens is 1. The molecule has 0 saturated heterocycles. The van der Waals surface area contributed by atoms with Crippen LogP contribution in [0.1, 0.15) is 19.8 Å². The number of rotatable bonds is 6. The van der Waals surface area contributed by atoms with Crippen LogP contribution < -0.4 is 10.2 Å². The first-order valence-corrected chi connectivity index (χ1v) is 5.79. The van der Waals surface area contributed by atoms with Gasteiger partial charge in [0.1, 0.15) is 0 Å². The number of nitrogens with one attached hydrogen (secondary N) is 1. The van der Waals surface area contributed by atoms with E-state index in [2.05, 4.69) is 5.32 Å². The highest BCUT2D eigenvalue weighted by Gasteiger charge is 2.12. The summed E-state index contributed by atoms with van der Waals surface area (Å²) in [5.41, 5.74) is 0.986. The second-order valence-corrected chi connectivity index (χ2v) is 3.68. The quantitative estimate of drug-likeness (QED) is 0.793. The Morgan fingerprint density at radius 2 is 1.94 bits per heavy atom. The van der Waals surface area contributed by atoms with Gasteiger partial charge in [0, 0.05) is 18.7 Å². The van der Waals surface area contributed by atoms with E-state index in [1.807, 2.05) is 49.2 Å². The third-order valence-electron chi connectivity index (χ3n) is 2.50. The molecule has 1 aromatic rings. The number of para-hydroxylation sites is 1. The zero-order chi connectivity index (χ0) is 11.8. The number of carbonyl (C=O) groups excluding carboxylic acids is 1. The molecule has 3 nitrogen and oxygen atoms in total. The molecule has 1 aromatic carbocycles. The number of carbonyl (C=O) groups is 1. The third kappa shape index (κ3) is 5.20. The van der Waals surface area contributed by atoms with E-state index in [0.717, 1.165) is 25.2 Å². The lowest BCUT2D eigenvalue weighted by Gasteiger charge is -2.20. The smallest absolute Gasteiger partial charge is 0.227 e. The standard InChI is InChI=1S/C13H20N2O.ClH/c1-3-15(12-8-5-4-6-9-12)13(16)10-7-11-14-2;/h4-6,8-9,14H,3,7,10-11H2,1-2H3;1H. The molecule has 0 radical (unpaired) electrons. The molecule has 1 rings (SSSR count). The average molecular weight is 257 g/mol. The van der Waals surface area contributed by atoms with Gasteiger partial charge in [-0.25, -0.2) is 0 Å². The van der Waals surface area contributed by atoms with Gasteiger partial charge >= 0.3 is 0 Å². The van der Waals surface area contributed by atoms with Gasteiger partial charge in [-0.3, -0.25) is 4.79 Å². The topological polar surface area (TPSA) is 32.3 Å². The molecule has 17 heavy (non-hydrogen) atoms. The fourth-order valence-electron chi connectivity index (χ4n) is 1.66. The van der Waals surface area contributed by atoms with E-state index < -0.39 is 0 Å². The summed E-state index contributed by atoms with van der Waals surface area (Å²) in [6, 6.07) is 9.82. The van der Waals surface area contributed by atoms with Gasteiger partial charge in [0.15, 0.2) is 0 Å². The van der Waals surface area contributed by atoms with Crippen LogP contribution in [-0.2, 0) is 4.79 Å². The summed E-state index contributed by atoms with van der Waals surface area (Å²) in [4.78, 5) is 13.8.